The molecule has 7 heteroatoms. The molecule has 0 unspecified atom stereocenters. The lowest BCUT2D eigenvalue weighted by Gasteiger charge is -2.26. The van der Waals surface area contributed by atoms with Crippen LogP contribution in [0.3, 0.4) is 0 Å². The van der Waals surface area contributed by atoms with Crippen LogP contribution in [0.1, 0.15) is 25.7 Å². The molecule has 1 fully saturated rings. The summed E-state index contributed by atoms with van der Waals surface area (Å²) >= 11 is 6.07. The molecule has 1 aliphatic rings. The van der Waals surface area contributed by atoms with Crippen LogP contribution in [0.5, 0.6) is 11.5 Å². The summed E-state index contributed by atoms with van der Waals surface area (Å²) in [5, 5.41) is 13.9. The van der Waals surface area contributed by atoms with Crippen LogP contribution in [0.2, 0.25) is 5.02 Å². The van der Waals surface area contributed by atoms with E-state index in [-0.39, 0.29) is 5.75 Å². The third-order valence-electron chi connectivity index (χ3n) is 6.07. The maximum atomic E-state index is 8.70. The average molecular weight is 505 g/mol. The molecule has 0 bridgehead atoms. The predicted octanol–water partition coefficient (Wildman–Crippen LogP) is 6.86. The summed E-state index contributed by atoms with van der Waals surface area (Å²) in [4.78, 5) is 6.93. The molecule has 1 saturated heterocycles. The Morgan fingerprint density at radius 2 is 1.69 bits per heavy atom. The third kappa shape index (κ3) is 7.77. The zero-order chi connectivity index (χ0) is 25.2. The smallest absolute Gasteiger partial charge is 0.119 e. The van der Waals surface area contributed by atoms with Crippen LogP contribution in [0.25, 0.3) is 10.9 Å². The number of nitrogens with zero attached hydrogens (tertiary/aromatic N) is 2. The number of nitrogens with two attached hydrogens (primary N) is 1. The van der Waals surface area contributed by atoms with Gasteiger partial charge in [0.15, 0.2) is 0 Å². The van der Waals surface area contributed by atoms with Gasteiger partial charge in [-0.05, 0) is 105 Å². The van der Waals surface area contributed by atoms with Gasteiger partial charge in [0.05, 0.1) is 12.1 Å². The summed E-state index contributed by atoms with van der Waals surface area (Å²) in [6, 6.07) is 22.3. The number of rotatable bonds is 7. The van der Waals surface area contributed by atoms with E-state index in [2.05, 4.69) is 15.2 Å². The number of pyridine rings is 1. The van der Waals surface area contributed by atoms with E-state index in [1.165, 1.54) is 32.4 Å². The van der Waals surface area contributed by atoms with E-state index in [0.717, 1.165) is 47.6 Å². The second kappa shape index (κ2) is 13.0. The van der Waals surface area contributed by atoms with Gasteiger partial charge in [-0.3, -0.25) is 4.98 Å². The van der Waals surface area contributed by atoms with E-state index < -0.39 is 0 Å². The molecular formula is C29H33ClN4O2. The van der Waals surface area contributed by atoms with Gasteiger partial charge in [-0.2, -0.15) is 0 Å². The Morgan fingerprint density at radius 1 is 0.944 bits per heavy atom. The molecule has 0 atom stereocenters. The molecular weight excluding hydrogens is 472 g/mol. The highest BCUT2D eigenvalue weighted by Gasteiger charge is 2.09. The molecule has 0 saturated carbocycles. The van der Waals surface area contributed by atoms with Crippen LogP contribution in [-0.2, 0) is 0 Å². The first-order valence-corrected chi connectivity index (χ1v) is 12.8. The van der Waals surface area contributed by atoms with Crippen LogP contribution in [0.15, 0.2) is 79.0 Å². The van der Waals surface area contributed by atoms with Crippen LogP contribution in [0, 0.1) is 0 Å². The van der Waals surface area contributed by atoms with Gasteiger partial charge in [0.25, 0.3) is 0 Å². The number of aromatic nitrogens is 1. The van der Waals surface area contributed by atoms with Crippen molar-refractivity contribution in [3.05, 3.63) is 84.0 Å². The highest BCUT2D eigenvalue weighted by molar-refractivity contribution is 6.31. The Bertz CT molecular complexity index is 1210. The lowest BCUT2D eigenvalue weighted by molar-refractivity contribution is 0.205. The summed E-state index contributed by atoms with van der Waals surface area (Å²) in [6.45, 7) is 4.39. The average Bonchev–Trinajstić information content (AvgIpc) is 2.90. The largest absolute Gasteiger partial charge is 0.508 e. The number of halogens is 1. The van der Waals surface area contributed by atoms with Crippen molar-refractivity contribution >= 4 is 39.6 Å². The summed E-state index contributed by atoms with van der Waals surface area (Å²) in [5.41, 5.74) is 8.89. The molecule has 4 aromatic rings. The fourth-order valence-electron chi connectivity index (χ4n) is 4.16. The molecule has 0 spiro atoms. The van der Waals surface area contributed by atoms with Crippen molar-refractivity contribution in [2.24, 2.45) is 0 Å². The summed E-state index contributed by atoms with van der Waals surface area (Å²) < 4.78 is 5.91. The zero-order valence-corrected chi connectivity index (χ0v) is 21.1. The fraction of sp³-hybridized carbons (Fsp3) is 0.276. The minimum atomic E-state index is 0.249. The number of nitrogens with one attached hydrogen (secondary N) is 1. The number of phenols is 1. The van der Waals surface area contributed by atoms with Gasteiger partial charge in [0, 0.05) is 40.2 Å². The highest BCUT2D eigenvalue weighted by Crippen LogP contribution is 2.28. The minimum absolute atomic E-state index is 0.249. The van der Waals surface area contributed by atoms with Crippen molar-refractivity contribution in [3.63, 3.8) is 0 Å². The van der Waals surface area contributed by atoms with Gasteiger partial charge < -0.3 is 25.8 Å². The number of aromatic hydroxyl groups is 1. The van der Waals surface area contributed by atoms with E-state index in [1.54, 1.807) is 30.5 Å². The number of likely N-dealkylation sites (tertiary alicyclic amines) is 1. The van der Waals surface area contributed by atoms with Crippen LogP contribution in [-0.4, -0.2) is 41.2 Å². The Hall–Kier alpha value is -3.48. The fourth-order valence-corrected chi connectivity index (χ4v) is 4.32. The van der Waals surface area contributed by atoms with Crippen LogP contribution >= 0.6 is 11.6 Å². The standard InChI is InChI=1S/C23H26ClN3O.C6H7NO/c24-18-5-10-21-22(11-12-25-23(21)17-18)26-19-6-8-20(9-7-19)28-16-4-15-27-13-2-1-3-14-27;7-5-1-3-6(8)4-2-5/h5-12,17H,1-4,13-16H2,(H,25,26);1-4,8H,7H2. The minimum Gasteiger partial charge on any atom is -0.508 e. The maximum Gasteiger partial charge on any atom is 0.119 e. The van der Waals surface area contributed by atoms with Crippen LogP contribution in [0.4, 0.5) is 17.1 Å². The Kier molecular flexibility index (Phi) is 9.25. The maximum absolute atomic E-state index is 8.70. The van der Waals surface area contributed by atoms with E-state index in [4.69, 9.17) is 27.2 Å². The predicted molar refractivity (Wildman–Crippen MR) is 149 cm³/mol. The van der Waals surface area contributed by atoms with Gasteiger partial charge in [-0.15, -0.1) is 0 Å². The normalized spacial score (nSPS) is 13.6. The highest BCUT2D eigenvalue weighted by atomic mass is 35.5. The number of anilines is 3. The van der Waals surface area contributed by atoms with Crippen molar-refractivity contribution < 1.29 is 9.84 Å². The van der Waals surface area contributed by atoms with Crippen molar-refractivity contribution in [3.8, 4) is 11.5 Å². The molecule has 5 rings (SSSR count). The third-order valence-corrected chi connectivity index (χ3v) is 6.30. The topological polar surface area (TPSA) is 83.6 Å². The summed E-state index contributed by atoms with van der Waals surface area (Å²) in [5.74, 6) is 1.16. The van der Waals surface area contributed by atoms with Gasteiger partial charge in [-0.25, -0.2) is 0 Å². The van der Waals surface area contributed by atoms with E-state index in [9.17, 15) is 0 Å². The second-order valence-electron chi connectivity index (χ2n) is 8.87. The Labute approximate surface area is 217 Å². The van der Waals surface area contributed by atoms with Gasteiger partial charge in [0.1, 0.15) is 11.5 Å². The number of ether oxygens (including phenoxy) is 1. The van der Waals surface area contributed by atoms with Crippen molar-refractivity contribution in [1.29, 1.82) is 0 Å². The number of hydrogen-bond acceptors (Lipinski definition) is 6. The number of hydrogen-bond donors (Lipinski definition) is 3. The molecule has 1 aliphatic heterocycles. The van der Waals surface area contributed by atoms with E-state index in [0.29, 0.717) is 10.7 Å². The zero-order valence-electron chi connectivity index (χ0n) is 20.4. The summed E-state index contributed by atoms with van der Waals surface area (Å²) in [6.07, 6.45) is 6.94. The Morgan fingerprint density at radius 3 is 2.42 bits per heavy atom. The quantitative estimate of drug-likeness (QED) is 0.145. The number of nitrogen functional groups attached to an aromatic ring is 1. The van der Waals surface area contributed by atoms with Gasteiger partial charge in [-0.1, -0.05) is 18.0 Å². The molecule has 1 aromatic heterocycles. The van der Waals surface area contributed by atoms with E-state index in [1.807, 2.05) is 48.5 Å². The lowest BCUT2D eigenvalue weighted by atomic mass is 10.1. The molecule has 3 aromatic carbocycles. The molecule has 0 aliphatic carbocycles. The number of fused-ring (bicyclic) bond motifs is 1. The Balaban J connectivity index is 0.000000325. The number of phenolic OH excluding ortho intramolecular Hbond substituents is 1. The lowest BCUT2D eigenvalue weighted by Crippen LogP contribution is -2.31. The second-order valence-corrected chi connectivity index (χ2v) is 9.30. The molecule has 4 N–H and O–H groups in total. The molecule has 6 nitrogen and oxygen atoms in total. The molecule has 188 valence electrons. The molecule has 0 radical (unpaired) electrons. The molecule has 2 heterocycles. The van der Waals surface area contributed by atoms with Gasteiger partial charge in [0.2, 0.25) is 0 Å². The first kappa shape index (κ1) is 25.6. The van der Waals surface area contributed by atoms with E-state index >= 15 is 0 Å². The summed E-state index contributed by atoms with van der Waals surface area (Å²) in [7, 11) is 0. The molecule has 36 heavy (non-hydrogen) atoms. The van der Waals surface area contributed by atoms with Crippen molar-refractivity contribution in [1.82, 2.24) is 9.88 Å². The molecule has 0 amide bonds. The number of benzene rings is 3. The first-order chi connectivity index (χ1) is 17.6. The van der Waals surface area contributed by atoms with Crippen molar-refractivity contribution in [2.45, 2.75) is 25.7 Å². The van der Waals surface area contributed by atoms with Crippen LogP contribution < -0.4 is 15.8 Å². The SMILES string of the molecule is Clc1ccc2c(Nc3ccc(OCCCN4CCCCC4)cc3)ccnc2c1.Nc1ccc(O)cc1. The monoisotopic (exact) mass is 504 g/mol. The first-order valence-electron chi connectivity index (χ1n) is 12.4. The van der Waals surface area contributed by atoms with Crippen molar-refractivity contribution in [2.75, 3.05) is 37.3 Å². The van der Waals surface area contributed by atoms with Gasteiger partial charge >= 0.3 is 0 Å². The number of piperidine rings is 1.